The van der Waals surface area contributed by atoms with Crippen molar-refractivity contribution in [3.8, 4) is 0 Å². The normalized spacial score (nSPS) is 12.0. The zero-order chi connectivity index (χ0) is 15.0. The predicted octanol–water partition coefficient (Wildman–Crippen LogP) is 2.94. The Morgan fingerprint density at radius 3 is 2.81 bits per heavy atom. The molecule has 0 fully saturated rings. The molecule has 3 aromatic rings. The van der Waals surface area contributed by atoms with Gasteiger partial charge < -0.3 is 10.7 Å². The number of benzene rings is 1. The van der Waals surface area contributed by atoms with E-state index >= 15 is 0 Å². The van der Waals surface area contributed by atoms with Crippen LogP contribution in [0.3, 0.4) is 0 Å². The Bertz CT molecular complexity index is 899. The summed E-state index contributed by atoms with van der Waals surface area (Å²) in [7, 11) is -3.60. The Morgan fingerprint density at radius 2 is 2.10 bits per heavy atom. The largest absolute Gasteiger partial charge is 0.399 e. The van der Waals surface area contributed by atoms with Gasteiger partial charge in [-0.25, -0.2) is 13.1 Å². The summed E-state index contributed by atoms with van der Waals surface area (Å²) in [6.07, 6.45) is 1.47. The average molecular weight is 342 g/mol. The number of nitrogen functional groups attached to an aromatic ring is 1. The van der Waals surface area contributed by atoms with Gasteiger partial charge in [0.15, 0.2) is 0 Å². The number of hydrogen-bond donors (Lipinski definition) is 3. The zero-order valence-electron chi connectivity index (χ0n) is 10.8. The summed E-state index contributed by atoms with van der Waals surface area (Å²) in [5.41, 5.74) is 6.95. The molecule has 0 unspecified atom stereocenters. The van der Waals surface area contributed by atoms with E-state index in [-0.39, 0.29) is 11.4 Å². The number of aromatic nitrogens is 1. The highest BCUT2D eigenvalue weighted by atomic mass is 35.5. The highest BCUT2D eigenvalue weighted by Crippen LogP contribution is 2.25. The van der Waals surface area contributed by atoms with Gasteiger partial charge in [0, 0.05) is 34.2 Å². The zero-order valence-corrected chi connectivity index (χ0v) is 13.1. The molecule has 3 rings (SSSR count). The molecule has 1 aromatic carbocycles. The van der Waals surface area contributed by atoms with Gasteiger partial charge in [0.05, 0.1) is 4.34 Å². The second-order valence-electron chi connectivity index (χ2n) is 4.49. The Kier molecular flexibility index (Phi) is 3.66. The molecule has 21 heavy (non-hydrogen) atoms. The average Bonchev–Trinajstić information content (AvgIpc) is 3.02. The van der Waals surface area contributed by atoms with Crippen LogP contribution >= 0.6 is 22.9 Å². The molecule has 8 heteroatoms. The molecule has 0 saturated heterocycles. The van der Waals surface area contributed by atoms with Gasteiger partial charge in [0.25, 0.3) is 0 Å². The van der Waals surface area contributed by atoms with Crippen LogP contribution in [0.25, 0.3) is 10.9 Å². The second-order valence-corrected chi connectivity index (χ2v) is 8.02. The van der Waals surface area contributed by atoms with E-state index in [4.69, 9.17) is 17.3 Å². The highest BCUT2D eigenvalue weighted by molar-refractivity contribution is 7.89. The lowest BCUT2D eigenvalue weighted by Gasteiger charge is -2.04. The summed E-state index contributed by atoms with van der Waals surface area (Å²) in [4.78, 5) is 3.98. The fourth-order valence-corrected chi connectivity index (χ4v) is 4.33. The maximum atomic E-state index is 12.4. The lowest BCUT2D eigenvalue weighted by atomic mass is 10.2. The van der Waals surface area contributed by atoms with E-state index in [1.807, 2.05) is 0 Å². The van der Waals surface area contributed by atoms with Crippen molar-refractivity contribution in [2.45, 2.75) is 11.4 Å². The van der Waals surface area contributed by atoms with Crippen molar-refractivity contribution >= 4 is 49.6 Å². The topological polar surface area (TPSA) is 88.0 Å². The first-order valence-corrected chi connectivity index (χ1v) is 8.74. The van der Waals surface area contributed by atoms with Crippen molar-refractivity contribution in [1.82, 2.24) is 9.71 Å². The summed E-state index contributed by atoms with van der Waals surface area (Å²) in [5, 5.41) is 0.612. The van der Waals surface area contributed by atoms with Crippen LogP contribution < -0.4 is 10.5 Å². The van der Waals surface area contributed by atoms with Gasteiger partial charge in [-0.05, 0) is 30.3 Å². The molecule has 0 atom stereocenters. The molecular formula is C13H12ClN3O2S2. The van der Waals surface area contributed by atoms with Crippen LogP contribution in [0.15, 0.2) is 41.4 Å². The van der Waals surface area contributed by atoms with Crippen LogP contribution in [0.1, 0.15) is 4.88 Å². The molecule has 0 aliphatic heterocycles. The van der Waals surface area contributed by atoms with E-state index in [1.165, 1.54) is 17.5 Å². The van der Waals surface area contributed by atoms with E-state index in [0.717, 1.165) is 4.88 Å². The number of anilines is 1. The first kappa shape index (κ1) is 14.4. The molecule has 0 bridgehead atoms. The van der Waals surface area contributed by atoms with Crippen LogP contribution in [0.4, 0.5) is 5.69 Å². The third-order valence-electron chi connectivity index (χ3n) is 3.02. The second kappa shape index (κ2) is 5.34. The molecule has 0 saturated carbocycles. The van der Waals surface area contributed by atoms with Gasteiger partial charge >= 0.3 is 0 Å². The minimum absolute atomic E-state index is 0.208. The number of aromatic amines is 1. The minimum Gasteiger partial charge on any atom is -0.399 e. The Hall–Kier alpha value is -1.54. The molecule has 0 spiro atoms. The minimum atomic E-state index is -3.60. The highest BCUT2D eigenvalue weighted by Gasteiger charge is 2.19. The van der Waals surface area contributed by atoms with Gasteiger partial charge in [-0.15, -0.1) is 11.3 Å². The molecule has 0 radical (unpaired) electrons. The number of sulfonamides is 1. The monoisotopic (exact) mass is 341 g/mol. The smallest absolute Gasteiger partial charge is 0.243 e. The van der Waals surface area contributed by atoms with Gasteiger partial charge in [0.2, 0.25) is 10.0 Å². The Balaban J connectivity index is 1.89. The number of rotatable bonds is 4. The van der Waals surface area contributed by atoms with Gasteiger partial charge in [-0.3, -0.25) is 0 Å². The first-order valence-electron chi connectivity index (χ1n) is 6.06. The number of halogens is 1. The van der Waals surface area contributed by atoms with E-state index < -0.39 is 10.0 Å². The molecule has 0 aliphatic carbocycles. The van der Waals surface area contributed by atoms with E-state index in [1.54, 1.807) is 30.3 Å². The van der Waals surface area contributed by atoms with Crippen LogP contribution in [0.5, 0.6) is 0 Å². The van der Waals surface area contributed by atoms with Crippen molar-refractivity contribution in [3.05, 3.63) is 45.7 Å². The predicted molar refractivity (Wildman–Crippen MR) is 86.1 cm³/mol. The third kappa shape index (κ3) is 2.91. The summed E-state index contributed by atoms with van der Waals surface area (Å²) in [6.45, 7) is 0.210. The fraction of sp³-hybridized carbons (Fsp3) is 0.0769. The fourth-order valence-electron chi connectivity index (χ4n) is 2.03. The summed E-state index contributed by atoms with van der Waals surface area (Å²) >= 11 is 7.17. The Labute approximate surface area is 130 Å². The molecule has 0 aliphatic rings. The van der Waals surface area contributed by atoms with Gasteiger partial charge in [0.1, 0.15) is 4.90 Å². The van der Waals surface area contributed by atoms with Crippen LogP contribution in [-0.4, -0.2) is 13.4 Å². The van der Waals surface area contributed by atoms with Crippen molar-refractivity contribution in [2.75, 3.05) is 5.73 Å². The molecule has 5 nitrogen and oxygen atoms in total. The van der Waals surface area contributed by atoms with Crippen LogP contribution in [0, 0.1) is 0 Å². The summed E-state index contributed by atoms with van der Waals surface area (Å²) in [5.74, 6) is 0. The van der Waals surface area contributed by atoms with Crippen molar-refractivity contribution in [3.63, 3.8) is 0 Å². The van der Waals surface area contributed by atoms with Gasteiger partial charge in [-0.1, -0.05) is 11.6 Å². The third-order valence-corrected chi connectivity index (χ3v) is 5.69. The molecular weight excluding hydrogens is 330 g/mol. The summed E-state index contributed by atoms with van der Waals surface area (Å²) < 4.78 is 28.0. The number of thiophene rings is 1. The number of hydrogen-bond acceptors (Lipinski definition) is 4. The van der Waals surface area contributed by atoms with Crippen molar-refractivity contribution in [1.29, 1.82) is 0 Å². The quantitative estimate of drug-likeness (QED) is 0.637. The van der Waals surface area contributed by atoms with E-state index in [0.29, 0.717) is 20.9 Å². The number of H-pyrrole nitrogens is 1. The lowest BCUT2D eigenvalue weighted by Crippen LogP contribution is -2.22. The van der Waals surface area contributed by atoms with Crippen molar-refractivity contribution in [2.24, 2.45) is 0 Å². The first-order chi connectivity index (χ1) is 9.95. The molecule has 110 valence electrons. The molecule has 4 N–H and O–H groups in total. The SMILES string of the molecule is Nc1ccc2c(S(=O)(=O)NCc3ccc(Cl)s3)c[nH]c2c1. The maximum absolute atomic E-state index is 12.4. The standard InChI is InChI=1S/C13H12ClN3O2S2/c14-13-4-2-9(20-13)6-17-21(18,19)12-7-16-11-5-8(15)1-3-10(11)12/h1-5,7,16-17H,6,15H2. The number of nitrogens with two attached hydrogens (primary N) is 1. The van der Waals surface area contributed by atoms with Crippen molar-refractivity contribution < 1.29 is 8.42 Å². The Morgan fingerprint density at radius 1 is 1.29 bits per heavy atom. The van der Waals surface area contributed by atoms with Gasteiger partial charge in [-0.2, -0.15) is 0 Å². The van der Waals surface area contributed by atoms with E-state index in [2.05, 4.69) is 9.71 Å². The van der Waals surface area contributed by atoms with Crippen LogP contribution in [0.2, 0.25) is 4.34 Å². The lowest BCUT2D eigenvalue weighted by molar-refractivity contribution is 0.582. The summed E-state index contributed by atoms with van der Waals surface area (Å²) in [6, 6.07) is 8.61. The maximum Gasteiger partial charge on any atom is 0.243 e. The van der Waals surface area contributed by atoms with Crippen LogP contribution in [-0.2, 0) is 16.6 Å². The number of fused-ring (bicyclic) bond motifs is 1. The molecule has 2 aromatic heterocycles. The van der Waals surface area contributed by atoms with E-state index in [9.17, 15) is 8.42 Å². The number of nitrogens with one attached hydrogen (secondary N) is 2. The molecule has 0 amide bonds. The molecule has 2 heterocycles.